The number of carbonyl (C=O) groups excluding carboxylic acids is 2. The smallest absolute Gasteiger partial charge is 0.254 e. The molecular weight excluding hydrogens is 258 g/mol. The van der Waals surface area contributed by atoms with Crippen molar-refractivity contribution in [3.05, 3.63) is 34.2 Å². The second-order valence-corrected chi connectivity index (χ2v) is 5.27. The largest absolute Gasteiger partial charge is 0.370 e. The number of nitrogens with two attached hydrogens (primary N) is 1. The fourth-order valence-electron chi connectivity index (χ4n) is 2.49. The summed E-state index contributed by atoms with van der Waals surface area (Å²) in [5.74, 6) is -0.151. The van der Waals surface area contributed by atoms with Crippen molar-refractivity contribution in [2.45, 2.75) is 19.3 Å². The van der Waals surface area contributed by atoms with E-state index in [2.05, 4.69) is 0 Å². The number of carbonyl (C=O) groups is 2. The van der Waals surface area contributed by atoms with Gasteiger partial charge >= 0.3 is 0 Å². The molecule has 1 aromatic rings. The Morgan fingerprint density at radius 2 is 2.00 bits per heavy atom. The van der Waals surface area contributed by atoms with Gasteiger partial charge in [0.2, 0.25) is 5.91 Å². The summed E-state index contributed by atoms with van der Waals surface area (Å²) in [5.41, 5.74) is 5.41. The van der Waals surface area contributed by atoms with Crippen LogP contribution in [0.3, 0.4) is 0 Å². The van der Waals surface area contributed by atoms with Crippen molar-refractivity contribution in [1.82, 2.24) is 9.47 Å². The molecule has 0 unspecified atom stereocenters. The van der Waals surface area contributed by atoms with E-state index in [9.17, 15) is 14.4 Å². The minimum Gasteiger partial charge on any atom is -0.370 e. The van der Waals surface area contributed by atoms with Gasteiger partial charge in [0, 0.05) is 44.4 Å². The van der Waals surface area contributed by atoms with Gasteiger partial charge in [0.1, 0.15) is 0 Å². The first-order valence-corrected chi connectivity index (χ1v) is 6.71. The molecule has 2 heterocycles. The van der Waals surface area contributed by atoms with Crippen LogP contribution >= 0.6 is 0 Å². The van der Waals surface area contributed by atoms with E-state index in [1.54, 1.807) is 24.2 Å². The standard InChI is InChI=1S/C14H19N3O3/c1-16-5-4-11(9-13(16)19)14(20)17-6-2-10(3-7-17)8-12(15)18/h4-5,9-10H,2-3,6-8H2,1H3,(H2,15,18). The van der Waals surface area contributed by atoms with Crippen molar-refractivity contribution in [1.29, 1.82) is 0 Å². The second-order valence-electron chi connectivity index (χ2n) is 5.27. The molecule has 6 nitrogen and oxygen atoms in total. The third-order valence-electron chi connectivity index (χ3n) is 3.74. The van der Waals surface area contributed by atoms with Crippen molar-refractivity contribution in [2.24, 2.45) is 18.7 Å². The molecule has 2 amide bonds. The van der Waals surface area contributed by atoms with E-state index in [1.165, 1.54) is 10.6 Å². The lowest BCUT2D eigenvalue weighted by Crippen LogP contribution is -2.39. The zero-order valence-corrected chi connectivity index (χ0v) is 11.5. The first-order valence-electron chi connectivity index (χ1n) is 6.71. The summed E-state index contributed by atoms with van der Waals surface area (Å²) in [6.07, 6.45) is 3.53. The molecule has 2 rings (SSSR count). The van der Waals surface area contributed by atoms with Gasteiger partial charge in [-0.2, -0.15) is 0 Å². The topological polar surface area (TPSA) is 85.4 Å². The van der Waals surface area contributed by atoms with Crippen molar-refractivity contribution < 1.29 is 9.59 Å². The number of piperidine rings is 1. The van der Waals surface area contributed by atoms with Gasteiger partial charge in [0.05, 0.1) is 0 Å². The van der Waals surface area contributed by atoms with Crippen LogP contribution in [0.4, 0.5) is 0 Å². The van der Waals surface area contributed by atoms with Crippen molar-refractivity contribution in [2.75, 3.05) is 13.1 Å². The maximum atomic E-state index is 12.3. The number of hydrogen-bond acceptors (Lipinski definition) is 3. The molecule has 0 aliphatic carbocycles. The van der Waals surface area contributed by atoms with Crippen LogP contribution < -0.4 is 11.3 Å². The van der Waals surface area contributed by atoms with Crippen LogP contribution in [-0.2, 0) is 11.8 Å². The first kappa shape index (κ1) is 14.3. The highest BCUT2D eigenvalue weighted by molar-refractivity contribution is 5.94. The molecule has 0 saturated carbocycles. The molecule has 0 aromatic carbocycles. The SMILES string of the molecule is Cn1ccc(C(=O)N2CCC(CC(N)=O)CC2)cc1=O. The quantitative estimate of drug-likeness (QED) is 0.851. The number of aromatic nitrogens is 1. The Labute approximate surface area is 117 Å². The van der Waals surface area contributed by atoms with Gasteiger partial charge in [-0.25, -0.2) is 0 Å². The average molecular weight is 277 g/mol. The van der Waals surface area contributed by atoms with Crippen LogP contribution in [0.25, 0.3) is 0 Å². The normalized spacial score (nSPS) is 16.1. The molecule has 1 aliphatic rings. The first-order chi connectivity index (χ1) is 9.47. The molecule has 0 bridgehead atoms. The van der Waals surface area contributed by atoms with Gasteiger partial charge in [-0.3, -0.25) is 14.4 Å². The molecule has 2 N–H and O–H groups in total. The lowest BCUT2D eigenvalue weighted by molar-refractivity contribution is -0.119. The van der Waals surface area contributed by atoms with Crippen molar-refractivity contribution in [3.63, 3.8) is 0 Å². The number of rotatable bonds is 3. The third kappa shape index (κ3) is 3.26. The van der Waals surface area contributed by atoms with Crippen LogP contribution in [0.2, 0.25) is 0 Å². The van der Waals surface area contributed by atoms with E-state index >= 15 is 0 Å². The highest BCUT2D eigenvalue weighted by atomic mass is 16.2. The van der Waals surface area contributed by atoms with E-state index in [1.807, 2.05) is 0 Å². The Balaban J connectivity index is 1.99. The van der Waals surface area contributed by atoms with E-state index < -0.39 is 0 Å². The van der Waals surface area contributed by atoms with Crippen LogP contribution in [0.15, 0.2) is 23.1 Å². The van der Waals surface area contributed by atoms with Gasteiger partial charge in [-0.1, -0.05) is 0 Å². The molecule has 1 fully saturated rings. The fourth-order valence-corrected chi connectivity index (χ4v) is 2.49. The van der Waals surface area contributed by atoms with Crippen LogP contribution in [-0.4, -0.2) is 34.4 Å². The number of hydrogen-bond donors (Lipinski definition) is 1. The minimum atomic E-state index is -0.290. The zero-order valence-electron chi connectivity index (χ0n) is 11.5. The molecule has 6 heteroatoms. The van der Waals surface area contributed by atoms with Gasteiger partial charge in [0.25, 0.3) is 11.5 Å². The summed E-state index contributed by atoms with van der Waals surface area (Å²) >= 11 is 0. The van der Waals surface area contributed by atoms with E-state index in [-0.39, 0.29) is 23.3 Å². The Morgan fingerprint density at radius 1 is 1.35 bits per heavy atom. The van der Waals surface area contributed by atoms with Gasteiger partial charge < -0.3 is 15.2 Å². The molecular formula is C14H19N3O3. The number of likely N-dealkylation sites (tertiary alicyclic amines) is 1. The lowest BCUT2D eigenvalue weighted by atomic mass is 9.93. The summed E-state index contributed by atoms with van der Waals surface area (Å²) in [6.45, 7) is 1.21. The summed E-state index contributed by atoms with van der Waals surface area (Å²) < 4.78 is 1.43. The number of amides is 2. The predicted molar refractivity (Wildman–Crippen MR) is 74.1 cm³/mol. The zero-order chi connectivity index (χ0) is 14.7. The number of pyridine rings is 1. The Bertz CT molecular complexity index is 571. The third-order valence-corrected chi connectivity index (χ3v) is 3.74. The molecule has 0 spiro atoms. The summed E-state index contributed by atoms with van der Waals surface area (Å²) in [7, 11) is 1.64. The minimum absolute atomic E-state index is 0.125. The maximum Gasteiger partial charge on any atom is 0.254 e. The highest BCUT2D eigenvalue weighted by Crippen LogP contribution is 2.21. The summed E-state index contributed by atoms with van der Waals surface area (Å²) in [5, 5.41) is 0. The molecule has 1 aromatic heterocycles. The van der Waals surface area contributed by atoms with Crippen molar-refractivity contribution in [3.8, 4) is 0 Å². The highest BCUT2D eigenvalue weighted by Gasteiger charge is 2.24. The van der Waals surface area contributed by atoms with E-state index in [0.717, 1.165) is 12.8 Å². The van der Waals surface area contributed by atoms with E-state index in [0.29, 0.717) is 25.1 Å². The Morgan fingerprint density at radius 3 is 2.55 bits per heavy atom. The molecule has 1 saturated heterocycles. The molecule has 108 valence electrons. The number of aryl methyl sites for hydroxylation is 1. The van der Waals surface area contributed by atoms with Crippen LogP contribution in [0, 0.1) is 5.92 Å². The van der Waals surface area contributed by atoms with Crippen molar-refractivity contribution >= 4 is 11.8 Å². The molecule has 1 aliphatic heterocycles. The summed E-state index contributed by atoms with van der Waals surface area (Å²) in [6, 6.07) is 3.01. The van der Waals surface area contributed by atoms with Gasteiger partial charge in [-0.05, 0) is 24.8 Å². The molecule has 0 radical (unpaired) electrons. The monoisotopic (exact) mass is 277 g/mol. The Kier molecular flexibility index (Phi) is 4.22. The average Bonchev–Trinajstić information content (AvgIpc) is 2.41. The second kappa shape index (κ2) is 5.90. The van der Waals surface area contributed by atoms with Crippen LogP contribution in [0.5, 0.6) is 0 Å². The lowest BCUT2D eigenvalue weighted by Gasteiger charge is -2.31. The van der Waals surface area contributed by atoms with Gasteiger partial charge in [0.15, 0.2) is 0 Å². The Hall–Kier alpha value is -2.11. The number of primary amides is 1. The number of nitrogens with zero attached hydrogens (tertiary/aromatic N) is 2. The van der Waals surface area contributed by atoms with Crippen LogP contribution in [0.1, 0.15) is 29.6 Å². The maximum absolute atomic E-state index is 12.3. The van der Waals surface area contributed by atoms with Gasteiger partial charge in [-0.15, -0.1) is 0 Å². The van der Waals surface area contributed by atoms with E-state index in [4.69, 9.17) is 5.73 Å². The summed E-state index contributed by atoms with van der Waals surface area (Å²) in [4.78, 5) is 36.4. The fraction of sp³-hybridized carbons (Fsp3) is 0.500. The molecule has 20 heavy (non-hydrogen) atoms. The predicted octanol–water partition coefficient (Wildman–Crippen LogP) is 0.113. The molecule has 0 atom stereocenters.